The smallest absolute Gasteiger partial charge is 0.274 e. The number of hydrogen-bond acceptors (Lipinski definition) is 5. The van der Waals surface area contributed by atoms with E-state index in [1.165, 1.54) is 4.57 Å². The molecular weight excluding hydrogens is 504 g/mol. The molecule has 9 nitrogen and oxygen atoms in total. The van der Waals surface area contributed by atoms with Crippen LogP contribution in [0.2, 0.25) is 0 Å². The largest absolute Gasteiger partial charge is 0.456 e. The minimum atomic E-state index is -0.340. The number of H-pyrrole nitrogens is 1. The second kappa shape index (κ2) is 9.42. The molecule has 2 aromatic carbocycles. The van der Waals surface area contributed by atoms with Gasteiger partial charge in [0.05, 0.1) is 23.5 Å². The van der Waals surface area contributed by atoms with Gasteiger partial charge in [0.2, 0.25) is 0 Å². The van der Waals surface area contributed by atoms with Gasteiger partial charge in [0.15, 0.2) is 0 Å². The number of aryl methyl sites for hydroxylation is 3. The second-order valence-corrected chi connectivity index (χ2v) is 10.7. The molecule has 1 aliphatic carbocycles. The summed E-state index contributed by atoms with van der Waals surface area (Å²) in [4.78, 5) is 28.8. The van der Waals surface area contributed by atoms with Crippen LogP contribution in [0.5, 0.6) is 11.5 Å². The van der Waals surface area contributed by atoms with Crippen LogP contribution in [0.4, 0.5) is 0 Å². The number of para-hydroxylation sites is 1. The average molecular weight is 535 g/mol. The molecule has 6 rings (SSSR count). The molecule has 202 valence electrons. The predicted octanol–water partition coefficient (Wildman–Crippen LogP) is 5.35. The first kappa shape index (κ1) is 25.4. The average Bonchev–Trinajstić information content (AvgIpc) is 3.36. The van der Waals surface area contributed by atoms with Crippen LogP contribution in [0.15, 0.2) is 53.6 Å². The summed E-state index contributed by atoms with van der Waals surface area (Å²) in [6.07, 6.45) is 5.48. The Morgan fingerprint density at radius 2 is 1.93 bits per heavy atom. The van der Waals surface area contributed by atoms with Crippen LogP contribution < -0.4 is 15.6 Å². The fourth-order valence-corrected chi connectivity index (χ4v) is 5.24. The first-order valence-electron chi connectivity index (χ1n) is 13.4. The molecule has 0 spiro atoms. The Labute approximate surface area is 231 Å². The first-order chi connectivity index (χ1) is 19.2. The van der Waals surface area contributed by atoms with E-state index in [4.69, 9.17) is 9.84 Å². The summed E-state index contributed by atoms with van der Waals surface area (Å²) in [5.41, 5.74) is 4.30. The number of nitrogens with one attached hydrogen (secondary N) is 2. The molecule has 1 amide bonds. The molecule has 3 heterocycles. The highest BCUT2D eigenvalue weighted by atomic mass is 16.5. The molecule has 0 unspecified atom stereocenters. The molecule has 0 atom stereocenters. The number of pyridine rings is 1. The number of benzene rings is 2. The molecule has 0 aliphatic heterocycles. The summed E-state index contributed by atoms with van der Waals surface area (Å²) >= 11 is 0. The zero-order valence-electron chi connectivity index (χ0n) is 23.0. The highest BCUT2D eigenvalue weighted by molar-refractivity contribution is 6.04. The van der Waals surface area contributed by atoms with E-state index in [0.29, 0.717) is 35.4 Å². The van der Waals surface area contributed by atoms with Gasteiger partial charge in [-0.2, -0.15) is 10.4 Å². The predicted molar refractivity (Wildman–Crippen MR) is 154 cm³/mol. The van der Waals surface area contributed by atoms with Crippen molar-refractivity contribution in [3.63, 3.8) is 0 Å². The maximum Gasteiger partial charge on any atom is 0.274 e. The Kier molecular flexibility index (Phi) is 5.99. The van der Waals surface area contributed by atoms with Crippen molar-refractivity contribution in [2.24, 2.45) is 12.5 Å². The lowest BCUT2D eigenvalue weighted by Crippen LogP contribution is -2.23. The Hall–Kier alpha value is -4.84. The van der Waals surface area contributed by atoms with Crippen molar-refractivity contribution in [3.8, 4) is 28.7 Å². The van der Waals surface area contributed by atoms with Crippen LogP contribution in [0, 0.1) is 30.6 Å². The van der Waals surface area contributed by atoms with Crippen LogP contribution in [-0.2, 0) is 13.6 Å². The Morgan fingerprint density at radius 3 is 2.60 bits per heavy atom. The molecule has 40 heavy (non-hydrogen) atoms. The Morgan fingerprint density at radius 1 is 1.18 bits per heavy atom. The minimum Gasteiger partial charge on any atom is -0.456 e. The monoisotopic (exact) mass is 534 g/mol. The van der Waals surface area contributed by atoms with E-state index in [2.05, 4.69) is 16.4 Å². The lowest BCUT2D eigenvalue weighted by atomic mass is 10.0. The van der Waals surface area contributed by atoms with Crippen molar-refractivity contribution in [1.82, 2.24) is 24.6 Å². The van der Waals surface area contributed by atoms with Crippen molar-refractivity contribution in [1.29, 1.82) is 5.26 Å². The van der Waals surface area contributed by atoms with E-state index in [1.54, 1.807) is 19.3 Å². The summed E-state index contributed by atoms with van der Waals surface area (Å²) < 4.78 is 9.97. The van der Waals surface area contributed by atoms with Crippen LogP contribution in [0.3, 0.4) is 0 Å². The van der Waals surface area contributed by atoms with Gasteiger partial charge in [-0.15, -0.1) is 0 Å². The van der Waals surface area contributed by atoms with Gasteiger partial charge in [-0.3, -0.25) is 14.3 Å². The van der Waals surface area contributed by atoms with E-state index in [9.17, 15) is 14.9 Å². The Bertz CT molecular complexity index is 1900. The summed E-state index contributed by atoms with van der Waals surface area (Å²) in [6.45, 7) is 6.87. The molecular formula is C31H30N6O3. The number of hydrogen-bond donors (Lipinski definition) is 2. The number of carbonyl (C=O) groups is 1. The maximum absolute atomic E-state index is 13.1. The third-order valence-corrected chi connectivity index (χ3v) is 7.67. The van der Waals surface area contributed by atoms with Gasteiger partial charge in [0.1, 0.15) is 22.7 Å². The summed E-state index contributed by atoms with van der Waals surface area (Å²) in [6, 6.07) is 14.1. The molecule has 1 saturated carbocycles. The molecule has 2 N–H and O–H groups in total. The van der Waals surface area contributed by atoms with Crippen molar-refractivity contribution in [2.75, 3.05) is 6.54 Å². The van der Waals surface area contributed by atoms with E-state index in [-0.39, 0.29) is 16.9 Å². The van der Waals surface area contributed by atoms with Crippen molar-refractivity contribution >= 4 is 27.7 Å². The molecule has 1 aliphatic rings. The number of nitriles is 1. The van der Waals surface area contributed by atoms with Gasteiger partial charge in [0.25, 0.3) is 11.5 Å². The van der Waals surface area contributed by atoms with Gasteiger partial charge >= 0.3 is 0 Å². The topological polar surface area (TPSA) is 118 Å². The minimum absolute atomic E-state index is 0.233. The highest BCUT2D eigenvalue weighted by Gasteiger charge is 2.43. The van der Waals surface area contributed by atoms with Crippen LogP contribution in [0.1, 0.15) is 41.4 Å². The zero-order valence-corrected chi connectivity index (χ0v) is 23.0. The van der Waals surface area contributed by atoms with E-state index >= 15 is 0 Å². The number of fused-ring (bicyclic) bond motifs is 2. The molecule has 0 radical (unpaired) electrons. The normalized spacial score (nSPS) is 13.9. The second-order valence-electron chi connectivity index (χ2n) is 10.7. The number of aromatic amines is 1. The molecule has 1 fully saturated rings. The van der Waals surface area contributed by atoms with E-state index in [0.717, 1.165) is 51.7 Å². The zero-order chi connectivity index (χ0) is 28.2. The summed E-state index contributed by atoms with van der Waals surface area (Å²) in [7, 11) is 1.69. The summed E-state index contributed by atoms with van der Waals surface area (Å²) in [5, 5.41) is 18.7. The highest BCUT2D eigenvalue weighted by Crippen LogP contribution is 2.47. The lowest BCUT2D eigenvalue weighted by molar-refractivity contribution is 0.0951. The van der Waals surface area contributed by atoms with Crippen molar-refractivity contribution in [2.45, 2.75) is 40.2 Å². The van der Waals surface area contributed by atoms with Crippen molar-refractivity contribution in [3.05, 3.63) is 76.0 Å². The number of carbonyl (C=O) groups excluding carboxylic acids is 1. The van der Waals surface area contributed by atoms with Crippen LogP contribution in [-0.4, -0.2) is 31.8 Å². The molecule has 5 aromatic rings. The van der Waals surface area contributed by atoms with Crippen LogP contribution in [0.25, 0.3) is 32.9 Å². The third kappa shape index (κ3) is 4.31. The van der Waals surface area contributed by atoms with E-state index in [1.807, 2.05) is 62.0 Å². The molecule has 0 bridgehead atoms. The Balaban J connectivity index is 1.58. The molecule has 0 saturated heterocycles. The van der Waals surface area contributed by atoms with Gasteiger partial charge in [0, 0.05) is 47.9 Å². The fraction of sp³-hybridized carbons (Fsp3) is 0.290. The number of rotatable bonds is 7. The number of nitrogens with zero attached hydrogens (tertiary/aromatic N) is 4. The lowest BCUT2D eigenvalue weighted by Gasteiger charge is -2.16. The van der Waals surface area contributed by atoms with Gasteiger partial charge in [-0.05, 0) is 62.9 Å². The van der Waals surface area contributed by atoms with Crippen molar-refractivity contribution < 1.29 is 9.53 Å². The summed E-state index contributed by atoms with van der Waals surface area (Å²) in [5.74, 6) is 1.08. The third-order valence-electron chi connectivity index (χ3n) is 7.67. The maximum atomic E-state index is 13.1. The number of aromatic nitrogens is 4. The molecule has 9 heteroatoms. The first-order valence-corrected chi connectivity index (χ1v) is 13.4. The number of amides is 1. The van der Waals surface area contributed by atoms with Crippen LogP contribution >= 0.6 is 0 Å². The fourth-order valence-electron chi connectivity index (χ4n) is 5.24. The van der Waals surface area contributed by atoms with Gasteiger partial charge < -0.3 is 19.6 Å². The van der Waals surface area contributed by atoms with Gasteiger partial charge in [-0.25, -0.2) is 0 Å². The number of ether oxygens (including phenoxy) is 1. The standard InChI is InChI=1S/C31H30N6O3/c1-5-33-29(38)25-13-22-23(15-36(4)30(39)27(22)34-25)21-12-24-20(14-37(35-24)17-31(16-32)9-10-31)11-26(21)40-28-18(2)7-6-8-19(28)3/h6-8,11-15,34H,5,9-10,17H2,1-4H3,(H,33,38). The van der Waals surface area contributed by atoms with Gasteiger partial charge in [-0.1, -0.05) is 18.2 Å². The van der Waals surface area contributed by atoms with E-state index < -0.39 is 0 Å². The molecule has 3 aromatic heterocycles. The quantitative estimate of drug-likeness (QED) is 0.292. The SMILES string of the molecule is CCNC(=O)c1cc2c(-c3cc4nn(CC5(C#N)CC5)cc4cc3Oc3c(C)cccc3C)cn(C)c(=O)c2[nH]1.